The fourth-order valence-electron chi connectivity index (χ4n) is 2.89. The predicted molar refractivity (Wildman–Crippen MR) is 83.0 cm³/mol. The Balaban J connectivity index is 2.20. The predicted octanol–water partition coefficient (Wildman–Crippen LogP) is 4.49. The van der Waals surface area contributed by atoms with Crippen LogP contribution in [0.1, 0.15) is 22.3 Å². The lowest BCUT2D eigenvalue weighted by Crippen LogP contribution is -2.22. The van der Waals surface area contributed by atoms with E-state index < -0.39 is 0 Å². The number of fused-ring (bicyclic) bond motifs is 1. The fourth-order valence-corrected chi connectivity index (χ4v) is 3.29. The topological polar surface area (TPSA) is 20.3 Å². The minimum atomic E-state index is 0.0828. The van der Waals surface area contributed by atoms with Gasteiger partial charge in [0.1, 0.15) is 0 Å². The van der Waals surface area contributed by atoms with Crippen molar-refractivity contribution in [1.82, 2.24) is 0 Å². The number of carbonyl (C=O) groups excluding carboxylic acids is 1. The Kier molecular flexibility index (Phi) is 3.06. The van der Waals surface area contributed by atoms with E-state index >= 15 is 0 Å². The third kappa shape index (κ3) is 2.01. The molecule has 2 aromatic rings. The summed E-state index contributed by atoms with van der Waals surface area (Å²) in [6, 6.07) is 10.1. The molecule has 0 saturated heterocycles. The van der Waals surface area contributed by atoms with Crippen LogP contribution >= 0.6 is 11.6 Å². The third-order valence-electron chi connectivity index (χ3n) is 3.69. The van der Waals surface area contributed by atoms with Crippen LogP contribution in [-0.2, 0) is 11.2 Å². The van der Waals surface area contributed by atoms with Gasteiger partial charge in [-0.1, -0.05) is 35.4 Å². The number of hydrogen-bond donors (Lipinski definition) is 0. The number of halogens is 1. The summed E-state index contributed by atoms with van der Waals surface area (Å²) in [6.45, 7) is 6.04. The van der Waals surface area contributed by atoms with Gasteiger partial charge in [-0.3, -0.25) is 9.69 Å². The summed E-state index contributed by atoms with van der Waals surface area (Å²) < 4.78 is 0. The molecule has 1 aliphatic heterocycles. The van der Waals surface area contributed by atoms with Crippen molar-refractivity contribution in [3.8, 4) is 0 Å². The molecule has 3 heteroatoms. The quantitative estimate of drug-likeness (QED) is 0.756. The number of anilines is 2. The van der Waals surface area contributed by atoms with Crippen LogP contribution in [0.4, 0.5) is 11.4 Å². The zero-order valence-corrected chi connectivity index (χ0v) is 12.6. The van der Waals surface area contributed by atoms with E-state index in [9.17, 15) is 4.79 Å². The minimum Gasteiger partial charge on any atom is -0.279 e. The number of carbonyl (C=O) groups is 1. The van der Waals surface area contributed by atoms with Crippen LogP contribution in [0.5, 0.6) is 0 Å². The largest absolute Gasteiger partial charge is 0.279 e. The number of benzene rings is 2. The van der Waals surface area contributed by atoms with E-state index in [0.29, 0.717) is 11.4 Å². The molecule has 20 heavy (non-hydrogen) atoms. The highest BCUT2D eigenvalue weighted by Gasteiger charge is 2.30. The van der Waals surface area contributed by atoms with Crippen LogP contribution < -0.4 is 4.90 Å². The molecule has 102 valence electrons. The maximum absolute atomic E-state index is 12.4. The summed E-state index contributed by atoms with van der Waals surface area (Å²) in [4.78, 5) is 14.2. The molecule has 0 bridgehead atoms. The number of nitrogens with zero attached hydrogens (tertiary/aromatic N) is 1. The highest BCUT2D eigenvalue weighted by Crippen LogP contribution is 2.41. The molecule has 0 aliphatic carbocycles. The molecule has 1 amide bonds. The Bertz CT molecular complexity index is 698. The molecular formula is C17H16ClNO. The number of rotatable bonds is 1. The Morgan fingerprint density at radius 3 is 2.50 bits per heavy atom. The first-order valence-corrected chi connectivity index (χ1v) is 7.04. The van der Waals surface area contributed by atoms with Gasteiger partial charge in [0, 0.05) is 0 Å². The number of amides is 1. The van der Waals surface area contributed by atoms with E-state index in [1.54, 1.807) is 4.90 Å². The van der Waals surface area contributed by atoms with Gasteiger partial charge < -0.3 is 0 Å². The molecule has 2 aromatic carbocycles. The highest BCUT2D eigenvalue weighted by molar-refractivity contribution is 6.34. The van der Waals surface area contributed by atoms with Crippen molar-refractivity contribution in [2.24, 2.45) is 0 Å². The van der Waals surface area contributed by atoms with E-state index in [1.165, 1.54) is 5.56 Å². The van der Waals surface area contributed by atoms with Gasteiger partial charge in [-0.15, -0.1) is 0 Å². The smallest absolute Gasteiger partial charge is 0.236 e. The van der Waals surface area contributed by atoms with Crippen LogP contribution in [0.2, 0.25) is 5.02 Å². The summed E-state index contributed by atoms with van der Waals surface area (Å²) in [7, 11) is 0. The van der Waals surface area contributed by atoms with E-state index in [1.807, 2.05) is 39.0 Å². The lowest BCUT2D eigenvalue weighted by molar-refractivity contribution is -0.116. The van der Waals surface area contributed by atoms with Crippen molar-refractivity contribution >= 4 is 28.9 Å². The summed E-state index contributed by atoms with van der Waals surface area (Å²) in [6.07, 6.45) is 0.445. The van der Waals surface area contributed by atoms with Gasteiger partial charge in [0.25, 0.3) is 0 Å². The Morgan fingerprint density at radius 1 is 1.05 bits per heavy atom. The molecule has 0 N–H and O–H groups in total. The Labute approximate surface area is 124 Å². The molecule has 0 radical (unpaired) electrons. The van der Waals surface area contributed by atoms with Gasteiger partial charge in [-0.25, -0.2) is 0 Å². The van der Waals surface area contributed by atoms with Gasteiger partial charge >= 0.3 is 0 Å². The van der Waals surface area contributed by atoms with E-state index in [2.05, 4.69) is 12.1 Å². The maximum Gasteiger partial charge on any atom is 0.236 e. The van der Waals surface area contributed by atoms with Crippen molar-refractivity contribution in [1.29, 1.82) is 0 Å². The van der Waals surface area contributed by atoms with E-state index in [-0.39, 0.29) is 5.91 Å². The molecule has 2 nitrogen and oxygen atoms in total. The molecule has 0 aromatic heterocycles. The second-order valence-corrected chi connectivity index (χ2v) is 5.86. The van der Waals surface area contributed by atoms with Gasteiger partial charge in [-0.05, 0) is 49.6 Å². The summed E-state index contributed by atoms with van der Waals surface area (Å²) >= 11 is 6.38. The summed E-state index contributed by atoms with van der Waals surface area (Å²) in [5.74, 6) is 0.0828. The van der Waals surface area contributed by atoms with E-state index in [0.717, 1.165) is 28.1 Å². The molecule has 0 atom stereocenters. The van der Waals surface area contributed by atoms with Gasteiger partial charge in [0.2, 0.25) is 5.91 Å². The molecular weight excluding hydrogens is 270 g/mol. The molecule has 0 spiro atoms. The van der Waals surface area contributed by atoms with Crippen molar-refractivity contribution in [3.63, 3.8) is 0 Å². The van der Waals surface area contributed by atoms with Crippen LogP contribution in [0.15, 0.2) is 30.3 Å². The molecule has 1 heterocycles. The first kappa shape index (κ1) is 13.2. The van der Waals surface area contributed by atoms with Crippen molar-refractivity contribution in [2.75, 3.05) is 4.90 Å². The van der Waals surface area contributed by atoms with Crippen LogP contribution in [0, 0.1) is 20.8 Å². The summed E-state index contributed by atoms with van der Waals surface area (Å²) in [5, 5.41) is 0.629. The minimum absolute atomic E-state index is 0.0828. The monoisotopic (exact) mass is 285 g/mol. The standard InChI is InChI=1S/C17H16ClNO/c1-10-4-5-15-13(7-10)9-16(20)19(15)17-12(3)6-11(2)8-14(17)18/h4-8H,9H2,1-3H3. The molecule has 3 rings (SSSR count). The van der Waals surface area contributed by atoms with Gasteiger partial charge in [0.15, 0.2) is 0 Å². The van der Waals surface area contributed by atoms with Crippen LogP contribution in [0.25, 0.3) is 0 Å². The van der Waals surface area contributed by atoms with E-state index in [4.69, 9.17) is 11.6 Å². The average molecular weight is 286 g/mol. The maximum atomic E-state index is 12.4. The molecule has 0 unspecified atom stereocenters. The van der Waals surface area contributed by atoms with Crippen molar-refractivity contribution < 1.29 is 4.79 Å². The first-order chi connectivity index (χ1) is 9.47. The Morgan fingerprint density at radius 2 is 1.80 bits per heavy atom. The Hall–Kier alpha value is -1.80. The lowest BCUT2D eigenvalue weighted by atomic mass is 10.1. The number of hydrogen-bond acceptors (Lipinski definition) is 1. The zero-order valence-electron chi connectivity index (χ0n) is 11.8. The van der Waals surface area contributed by atoms with Crippen LogP contribution in [-0.4, -0.2) is 5.91 Å². The molecule has 0 saturated carbocycles. The normalized spacial score (nSPS) is 13.8. The van der Waals surface area contributed by atoms with Gasteiger partial charge in [0.05, 0.1) is 22.8 Å². The fraction of sp³-hybridized carbons (Fsp3) is 0.235. The summed E-state index contributed by atoms with van der Waals surface area (Å²) in [5.41, 5.74) is 6.14. The second-order valence-electron chi connectivity index (χ2n) is 5.45. The molecule has 0 fully saturated rings. The third-order valence-corrected chi connectivity index (χ3v) is 3.98. The first-order valence-electron chi connectivity index (χ1n) is 6.66. The van der Waals surface area contributed by atoms with Gasteiger partial charge in [-0.2, -0.15) is 0 Å². The van der Waals surface area contributed by atoms with Crippen molar-refractivity contribution in [3.05, 3.63) is 57.6 Å². The average Bonchev–Trinajstić information content (AvgIpc) is 2.64. The number of aryl methyl sites for hydroxylation is 3. The lowest BCUT2D eigenvalue weighted by Gasteiger charge is -2.22. The highest BCUT2D eigenvalue weighted by atomic mass is 35.5. The zero-order chi connectivity index (χ0) is 14.4. The second kappa shape index (κ2) is 4.64. The SMILES string of the molecule is Cc1cc(C)c(N2C(=O)Cc3cc(C)ccc32)c(Cl)c1. The molecule has 1 aliphatic rings. The van der Waals surface area contributed by atoms with Crippen molar-refractivity contribution in [2.45, 2.75) is 27.2 Å². The van der Waals surface area contributed by atoms with Crippen LogP contribution in [0.3, 0.4) is 0 Å².